The average Bonchev–Trinajstić information content (AvgIpc) is 2.76. The van der Waals surface area contributed by atoms with E-state index >= 15 is 0 Å². The molecule has 1 unspecified atom stereocenters. The van der Waals surface area contributed by atoms with Crippen LogP contribution < -0.4 is 10.3 Å². The maximum atomic E-state index is 14.1. The van der Waals surface area contributed by atoms with Crippen molar-refractivity contribution in [3.05, 3.63) is 92.5 Å². The number of ether oxygens (including phenoxy) is 1. The Morgan fingerprint density at radius 1 is 1.21 bits per heavy atom. The van der Waals surface area contributed by atoms with E-state index in [1.54, 1.807) is 39.0 Å². The molecule has 0 radical (unpaired) electrons. The number of aryl methyl sites for hydroxylation is 2. The zero-order valence-electron chi connectivity index (χ0n) is 19.3. The number of aromatic nitrogens is 3. The van der Waals surface area contributed by atoms with Crippen LogP contribution in [0.15, 0.2) is 47.7 Å². The van der Waals surface area contributed by atoms with Crippen LogP contribution in [0.2, 0.25) is 5.02 Å². The van der Waals surface area contributed by atoms with Gasteiger partial charge in [0.1, 0.15) is 34.0 Å². The van der Waals surface area contributed by atoms with Crippen molar-refractivity contribution >= 4 is 25.2 Å². The van der Waals surface area contributed by atoms with Gasteiger partial charge >= 0.3 is 0 Å². The highest BCUT2D eigenvalue weighted by molar-refractivity contribution is 6.32. The highest BCUT2D eigenvalue weighted by Gasteiger charge is 2.21. The lowest BCUT2D eigenvalue weighted by atomic mass is 9.95. The van der Waals surface area contributed by atoms with Crippen LogP contribution >= 0.6 is 11.6 Å². The maximum absolute atomic E-state index is 14.1. The second-order valence-corrected chi connectivity index (χ2v) is 8.26. The molecule has 0 spiro atoms. The SMILES string of the molecule is BC(Oc1cc(C)n(-c2cc(C(=O)/C=C/N(C)C)ncc2C)c(=O)c1Cl)c1ncc(F)cc1F. The first kappa shape index (κ1) is 25.1. The topological polar surface area (TPSA) is 77.3 Å². The van der Waals surface area contributed by atoms with E-state index in [1.807, 2.05) is 0 Å². The molecule has 0 aliphatic rings. The first-order valence-corrected chi connectivity index (χ1v) is 10.6. The molecule has 11 heteroatoms. The molecule has 176 valence electrons. The van der Waals surface area contributed by atoms with E-state index in [0.717, 1.165) is 6.20 Å². The molecular weight excluding hydrogens is 465 g/mol. The molecule has 0 aliphatic heterocycles. The molecular formula is C23H22BClF2N4O3. The molecule has 3 aromatic heterocycles. The van der Waals surface area contributed by atoms with Gasteiger partial charge in [0, 0.05) is 50.4 Å². The van der Waals surface area contributed by atoms with Crippen molar-refractivity contribution in [1.29, 1.82) is 0 Å². The van der Waals surface area contributed by atoms with Gasteiger partial charge in [0.2, 0.25) is 5.78 Å². The number of hydrogen-bond donors (Lipinski definition) is 0. The third-order valence-electron chi connectivity index (χ3n) is 4.92. The van der Waals surface area contributed by atoms with E-state index in [0.29, 0.717) is 23.0 Å². The summed E-state index contributed by atoms with van der Waals surface area (Å²) in [5.74, 6) is -1.99. The number of halogens is 3. The van der Waals surface area contributed by atoms with Gasteiger partial charge < -0.3 is 9.64 Å². The van der Waals surface area contributed by atoms with E-state index in [9.17, 15) is 18.4 Å². The van der Waals surface area contributed by atoms with Crippen molar-refractivity contribution in [2.75, 3.05) is 14.1 Å². The monoisotopic (exact) mass is 486 g/mol. The molecule has 0 N–H and O–H groups in total. The quantitative estimate of drug-likeness (QED) is 0.290. The first-order chi connectivity index (χ1) is 16.0. The summed E-state index contributed by atoms with van der Waals surface area (Å²) in [4.78, 5) is 35.3. The fourth-order valence-corrected chi connectivity index (χ4v) is 3.41. The molecule has 0 fully saturated rings. The molecule has 1 atom stereocenters. The maximum Gasteiger partial charge on any atom is 0.277 e. The van der Waals surface area contributed by atoms with E-state index < -0.39 is 23.2 Å². The standard InChI is InChI=1S/C23H22BClF2N4O3/c1-12-10-28-16(18(32)5-6-30(3)4)9-17(12)31-13(2)7-19(20(25)23(31)33)34-22(24)21-15(27)8-14(26)11-29-21/h5-11,22H,24H2,1-4H3/b6-5+. The minimum absolute atomic E-state index is 0.0235. The van der Waals surface area contributed by atoms with Crippen molar-refractivity contribution in [2.24, 2.45) is 0 Å². The molecule has 0 aromatic carbocycles. The molecule has 0 saturated carbocycles. The lowest BCUT2D eigenvalue weighted by Crippen LogP contribution is -2.24. The molecule has 3 heterocycles. The summed E-state index contributed by atoms with van der Waals surface area (Å²) in [6, 6.07) is 2.80. The Morgan fingerprint density at radius 3 is 2.56 bits per heavy atom. The Hall–Kier alpha value is -3.53. The fourth-order valence-electron chi connectivity index (χ4n) is 3.23. The summed E-state index contributed by atoms with van der Waals surface area (Å²) in [7, 11) is 5.08. The summed E-state index contributed by atoms with van der Waals surface area (Å²) >= 11 is 6.32. The molecule has 0 bridgehead atoms. The minimum atomic E-state index is -0.942. The number of nitrogens with zero attached hydrogens (tertiary/aromatic N) is 4. The normalized spacial score (nSPS) is 12.1. The Labute approximate surface area is 201 Å². The minimum Gasteiger partial charge on any atom is -0.492 e. The summed E-state index contributed by atoms with van der Waals surface area (Å²) in [6.07, 6.45) is 5.36. The average molecular weight is 487 g/mol. The molecule has 0 amide bonds. The van der Waals surface area contributed by atoms with Crippen LogP contribution in [0.25, 0.3) is 5.69 Å². The van der Waals surface area contributed by atoms with E-state index in [2.05, 4.69) is 9.97 Å². The smallest absolute Gasteiger partial charge is 0.277 e. The van der Waals surface area contributed by atoms with Crippen molar-refractivity contribution in [2.45, 2.75) is 19.9 Å². The Balaban J connectivity index is 2.01. The Morgan fingerprint density at radius 2 is 1.91 bits per heavy atom. The van der Waals surface area contributed by atoms with Crippen molar-refractivity contribution in [3.8, 4) is 11.4 Å². The summed E-state index contributed by atoms with van der Waals surface area (Å²) in [6.45, 7) is 3.42. The van der Waals surface area contributed by atoms with Gasteiger partial charge in [-0.15, -0.1) is 0 Å². The largest absolute Gasteiger partial charge is 0.492 e. The number of hydrogen-bond acceptors (Lipinski definition) is 6. The summed E-state index contributed by atoms with van der Waals surface area (Å²) in [5, 5.41) is -0.239. The number of carbonyl (C=O) groups is 1. The molecule has 0 aliphatic carbocycles. The third kappa shape index (κ3) is 5.33. The van der Waals surface area contributed by atoms with Crippen molar-refractivity contribution in [1.82, 2.24) is 19.4 Å². The van der Waals surface area contributed by atoms with Gasteiger partial charge in [-0.25, -0.2) is 8.78 Å². The van der Waals surface area contributed by atoms with Crippen LogP contribution in [-0.2, 0) is 0 Å². The second kappa shape index (κ2) is 10.2. The van der Waals surface area contributed by atoms with Crippen LogP contribution in [0.5, 0.6) is 5.75 Å². The molecule has 3 aromatic rings. The number of ketones is 1. The van der Waals surface area contributed by atoms with E-state index in [4.69, 9.17) is 16.3 Å². The first-order valence-electron chi connectivity index (χ1n) is 10.2. The number of allylic oxidation sites excluding steroid dienone is 1. The number of carbonyl (C=O) groups excluding carboxylic acids is 1. The second-order valence-electron chi connectivity index (χ2n) is 7.88. The predicted molar refractivity (Wildman–Crippen MR) is 128 cm³/mol. The van der Waals surface area contributed by atoms with Crippen LogP contribution in [0.4, 0.5) is 8.78 Å². The van der Waals surface area contributed by atoms with Crippen LogP contribution in [0.1, 0.15) is 33.4 Å². The molecule has 7 nitrogen and oxygen atoms in total. The third-order valence-corrected chi connectivity index (χ3v) is 5.27. The molecule has 3 rings (SSSR count). The zero-order chi connectivity index (χ0) is 25.2. The molecule has 0 saturated heterocycles. The van der Waals surface area contributed by atoms with Gasteiger partial charge in [0.25, 0.3) is 5.56 Å². The van der Waals surface area contributed by atoms with E-state index in [-0.39, 0.29) is 27.9 Å². The summed E-state index contributed by atoms with van der Waals surface area (Å²) in [5.41, 5.74) is 0.987. The number of rotatable bonds is 7. The van der Waals surface area contributed by atoms with Crippen molar-refractivity contribution in [3.63, 3.8) is 0 Å². The highest BCUT2D eigenvalue weighted by Crippen LogP contribution is 2.28. The van der Waals surface area contributed by atoms with Crippen molar-refractivity contribution < 1.29 is 18.3 Å². The van der Waals surface area contributed by atoms with E-state index in [1.165, 1.54) is 36.8 Å². The van der Waals surface area contributed by atoms with Crippen LogP contribution in [-0.4, -0.2) is 47.2 Å². The van der Waals surface area contributed by atoms with Gasteiger partial charge in [-0.2, -0.15) is 0 Å². The van der Waals surface area contributed by atoms with Crippen LogP contribution in [0.3, 0.4) is 0 Å². The van der Waals surface area contributed by atoms with Gasteiger partial charge in [0.15, 0.2) is 13.7 Å². The molecule has 34 heavy (non-hydrogen) atoms. The van der Waals surface area contributed by atoms with Gasteiger partial charge in [-0.3, -0.25) is 24.1 Å². The Bertz CT molecular complexity index is 1340. The van der Waals surface area contributed by atoms with Gasteiger partial charge in [-0.1, -0.05) is 11.6 Å². The van der Waals surface area contributed by atoms with Gasteiger partial charge in [-0.05, 0) is 25.5 Å². The highest BCUT2D eigenvalue weighted by atomic mass is 35.5. The number of pyridine rings is 3. The van der Waals surface area contributed by atoms with Gasteiger partial charge in [0.05, 0.1) is 11.9 Å². The fraction of sp³-hybridized carbons (Fsp3) is 0.217. The lowest BCUT2D eigenvalue weighted by molar-refractivity contribution is 0.104. The van der Waals surface area contributed by atoms with Crippen LogP contribution in [0, 0.1) is 25.5 Å². The summed E-state index contributed by atoms with van der Waals surface area (Å²) < 4.78 is 34.3. The lowest BCUT2D eigenvalue weighted by Gasteiger charge is -2.19. The Kier molecular flexibility index (Phi) is 7.51. The zero-order valence-corrected chi connectivity index (χ0v) is 20.0. The predicted octanol–water partition coefficient (Wildman–Crippen LogP) is 3.14.